The standard InChI is InChI=1S/2C34H41F5N4O8S/c2*1-18(44)49-17-24-27(50-19(2)45)26(43-16-23(40-41-43)20-14-21(35)25(37)22(36)15-20)28(48-3)31(51-24)52-29(30(46)42-12-10-34(38,39)11-13-42)33(47)8-6-32(4-5-32)7-9-33/h2*14-16,24,26-29,31,47H,4-13,17H2,1-3H3/t2*24-,26+,27+,28-,29?,31+/m11/s1. The predicted molar refractivity (Wildman–Crippen MR) is 346 cm³/mol. The average molecular weight is 1520 g/mol. The fraction of sp³-hybridized carbons (Fsp3) is 0.676. The topological polar surface area (TPSA) is 285 Å². The van der Waals surface area contributed by atoms with E-state index in [2.05, 4.69) is 20.6 Å². The minimum Gasteiger partial charge on any atom is -0.463 e. The summed E-state index contributed by atoms with van der Waals surface area (Å²) in [5, 5.41) is 38.3. The summed E-state index contributed by atoms with van der Waals surface area (Å²) in [5.41, 5.74) is -5.59. The van der Waals surface area contributed by atoms with Crippen molar-refractivity contribution in [2.24, 2.45) is 10.8 Å². The lowest BCUT2D eigenvalue weighted by Gasteiger charge is -2.48. The molecule has 4 saturated heterocycles. The Labute approximate surface area is 599 Å². The number of carbonyl (C=O) groups is 6. The van der Waals surface area contributed by atoms with Gasteiger partial charge in [0.25, 0.3) is 11.8 Å². The largest absolute Gasteiger partial charge is 0.463 e. The molecule has 36 heteroatoms. The van der Waals surface area contributed by atoms with E-state index in [1.807, 2.05) is 0 Å². The van der Waals surface area contributed by atoms with Crippen molar-refractivity contribution in [3.63, 3.8) is 0 Å². The number of halogens is 10. The molecule has 2 aromatic heterocycles. The molecule has 8 aliphatic rings. The summed E-state index contributed by atoms with van der Waals surface area (Å²) < 4.78 is 190. The van der Waals surface area contributed by atoms with Gasteiger partial charge >= 0.3 is 23.9 Å². The molecule has 4 saturated carbocycles. The first-order valence-corrected chi connectivity index (χ1v) is 36.2. The Morgan fingerprint density at radius 3 is 1.08 bits per heavy atom. The summed E-state index contributed by atoms with van der Waals surface area (Å²) >= 11 is 1.87. The Morgan fingerprint density at radius 2 is 0.798 bits per heavy atom. The number of aliphatic hydroxyl groups is 2. The van der Waals surface area contributed by atoms with Crippen molar-refractivity contribution in [3.8, 4) is 22.5 Å². The zero-order valence-corrected chi connectivity index (χ0v) is 59.4. The number of alkyl halides is 4. The summed E-state index contributed by atoms with van der Waals surface area (Å²) in [7, 11) is 2.65. The first-order chi connectivity index (χ1) is 49.1. The first-order valence-electron chi connectivity index (χ1n) is 34.3. The van der Waals surface area contributed by atoms with Gasteiger partial charge in [-0.2, -0.15) is 0 Å². The Bertz CT molecular complexity index is 3510. The smallest absolute Gasteiger partial charge is 0.303 e. The van der Waals surface area contributed by atoms with Crippen molar-refractivity contribution in [3.05, 3.63) is 71.6 Å². The maximum atomic E-state index is 14.3. The number of hydrogen-bond acceptors (Lipinski definition) is 22. The molecule has 4 aliphatic carbocycles. The van der Waals surface area contributed by atoms with Gasteiger partial charge in [0.05, 0.1) is 23.6 Å². The maximum Gasteiger partial charge on any atom is 0.303 e. The molecule has 4 aromatic rings. The highest BCUT2D eigenvalue weighted by Gasteiger charge is 2.60. The van der Waals surface area contributed by atoms with E-state index < -0.39 is 203 Å². The third kappa shape index (κ3) is 17.6. The van der Waals surface area contributed by atoms with E-state index in [-0.39, 0.29) is 59.5 Å². The number of carbonyl (C=O) groups excluding carboxylic acids is 6. The van der Waals surface area contributed by atoms with Crippen LogP contribution in [0.25, 0.3) is 22.5 Å². The first kappa shape index (κ1) is 78.4. The van der Waals surface area contributed by atoms with Crippen LogP contribution in [0.1, 0.15) is 143 Å². The lowest BCUT2D eigenvalue weighted by molar-refractivity contribution is -0.209. The van der Waals surface area contributed by atoms with Gasteiger partial charge < -0.3 is 57.9 Å². The number of methoxy groups -OCH3 is 2. The lowest BCUT2D eigenvalue weighted by atomic mass is 9.75. The van der Waals surface area contributed by atoms with Crippen LogP contribution in [0.2, 0.25) is 0 Å². The predicted octanol–water partition coefficient (Wildman–Crippen LogP) is 9.17. The number of ether oxygens (including phenoxy) is 8. The Kier molecular flexibility index (Phi) is 23.5. The van der Waals surface area contributed by atoms with E-state index in [9.17, 15) is 82.9 Å². The second-order valence-corrected chi connectivity index (χ2v) is 30.9. The fourth-order valence-corrected chi connectivity index (χ4v) is 18.1. The number of nitrogens with zero attached hydrogens (tertiary/aromatic N) is 8. The highest BCUT2D eigenvalue weighted by molar-refractivity contribution is 8.01. The summed E-state index contributed by atoms with van der Waals surface area (Å²) in [4.78, 5) is 80.0. The highest BCUT2D eigenvalue weighted by atomic mass is 32.2. The number of likely N-dealkylation sites (tertiary alicyclic amines) is 2. The van der Waals surface area contributed by atoms with Gasteiger partial charge in [-0.1, -0.05) is 10.4 Å². The number of rotatable bonds is 20. The minimum absolute atomic E-state index is 0.0815. The number of hydrogen-bond donors (Lipinski definition) is 2. The van der Waals surface area contributed by atoms with Gasteiger partial charge in [-0.05, 0) is 112 Å². The molecule has 2 unspecified atom stereocenters. The van der Waals surface area contributed by atoms with E-state index >= 15 is 0 Å². The highest BCUT2D eigenvalue weighted by Crippen LogP contribution is 2.61. The Balaban J connectivity index is 0.000000208. The van der Waals surface area contributed by atoms with Gasteiger partial charge in [-0.3, -0.25) is 28.8 Å². The second-order valence-electron chi connectivity index (χ2n) is 28.5. The summed E-state index contributed by atoms with van der Waals surface area (Å²) in [6, 6.07) is 0.660. The van der Waals surface area contributed by atoms with Crippen LogP contribution in [-0.2, 0) is 66.7 Å². The van der Waals surface area contributed by atoms with Crippen molar-refractivity contribution >= 4 is 59.2 Å². The lowest BCUT2D eigenvalue weighted by Crippen LogP contribution is -2.60. The zero-order chi connectivity index (χ0) is 75.2. The van der Waals surface area contributed by atoms with Crippen LogP contribution in [0.3, 0.4) is 0 Å². The molecule has 572 valence electrons. The van der Waals surface area contributed by atoms with Gasteiger partial charge in [0.15, 0.2) is 47.1 Å². The van der Waals surface area contributed by atoms with Gasteiger partial charge in [-0.15, -0.1) is 33.7 Å². The van der Waals surface area contributed by atoms with Gasteiger partial charge in [0.1, 0.15) is 82.5 Å². The van der Waals surface area contributed by atoms with E-state index in [0.717, 1.165) is 101 Å². The molecule has 4 aliphatic heterocycles. The average Bonchev–Trinajstić information content (AvgIpc) is 1.60. The van der Waals surface area contributed by atoms with E-state index in [1.165, 1.54) is 45.8 Å². The van der Waals surface area contributed by atoms with Crippen LogP contribution in [-0.4, -0.2) is 220 Å². The molecule has 2 spiro atoms. The van der Waals surface area contributed by atoms with Crippen molar-refractivity contribution in [1.29, 1.82) is 0 Å². The fourth-order valence-electron chi connectivity index (χ4n) is 14.8. The monoisotopic (exact) mass is 1520 g/mol. The third-order valence-corrected chi connectivity index (χ3v) is 24.4. The molecule has 24 nitrogen and oxygen atoms in total. The number of aromatic nitrogens is 6. The number of amides is 2. The van der Waals surface area contributed by atoms with Crippen molar-refractivity contribution in [1.82, 2.24) is 39.8 Å². The molecule has 104 heavy (non-hydrogen) atoms. The molecule has 0 radical (unpaired) electrons. The molecule has 2 amide bonds. The second kappa shape index (κ2) is 31.2. The van der Waals surface area contributed by atoms with Gasteiger partial charge in [0, 0.05) is 105 Å². The summed E-state index contributed by atoms with van der Waals surface area (Å²) in [6.07, 6.45) is 1.25. The van der Waals surface area contributed by atoms with Crippen molar-refractivity contribution in [2.75, 3.05) is 53.6 Å². The molecule has 0 bridgehead atoms. The summed E-state index contributed by atoms with van der Waals surface area (Å²) in [6.45, 7) is 2.92. The normalized spacial score (nSPS) is 29.2. The molecular weight excluding hydrogens is 1440 g/mol. The third-order valence-electron chi connectivity index (χ3n) is 21.3. The van der Waals surface area contributed by atoms with E-state index in [1.54, 1.807) is 0 Å². The molecule has 6 heterocycles. The van der Waals surface area contributed by atoms with E-state index in [4.69, 9.17) is 37.9 Å². The number of piperidine rings is 2. The Hall–Kier alpha value is -6.70. The zero-order valence-electron chi connectivity index (χ0n) is 57.7. The molecule has 2 N–H and O–H groups in total. The van der Waals surface area contributed by atoms with Crippen LogP contribution in [0.15, 0.2) is 36.7 Å². The molecule has 12 atom stereocenters. The number of thioether (sulfide) groups is 2. The minimum atomic E-state index is -2.92. The molecule has 2 aromatic carbocycles. The quantitative estimate of drug-likeness (QED) is 0.0361. The van der Waals surface area contributed by atoms with Crippen LogP contribution < -0.4 is 0 Å². The van der Waals surface area contributed by atoms with Crippen molar-refractivity contribution in [2.45, 2.75) is 224 Å². The van der Waals surface area contributed by atoms with E-state index in [0.29, 0.717) is 51.4 Å². The van der Waals surface area contributed by atoms with Crippen LogP contribution in [0.5, 0.6) is 0 Å². The number of benzene rings is 2. The molecule has 12 rings (SSSR count). The molecule has 8 fully saturated rings. The van der Waals surface area contributed by atoms with Crippen LogP contribution in [0.4, 0.5) is 43.9 Å². The number of esters is 4. The van der Waals surface area contributed by atoms with Crippen LogP contribution >= 0.6 is 23.5 Å². The van der Waals surface area contributed by atoms with Gasteiger partial charge in [-0.25, -0.2) is 53.3 Å². The maximum absolute atomic E-state index is 14.3. The van der Waals surface area contributed by atoms with Gasteiger partial charge in [0.2, 0.25) is 11.8 Å². The van der Waals surface area contributed by atoms with Crippen LogP contribution in [0, 0.1) is 45.7 Å². The Morgan fingerprint density at radius 1 is 0.490 bits per heavy atom. The summed E-state index contributed by atoms with van der Waals surface area (Å²) in [5.74, 6) is -18.9. The molecular formula is C68H82F10N8O16S2. The SMILES string of the molecule is CO[C@@H]1[C@@H](n2cc(-c3cc(F)c(F)c(F)c3)nn2)[C@@H](OC(C)=O)[C@@H](COC(C)=O)O[C@H]1SC(C(=O)N1CCC(F)(F)CC1)C1(O)CCC2(CC2)CC1.CO[C@@H]1[C@@H](n2cc(-c3cc(F)c(F)c(F)c3)nn2)[C@@H](OC(C)=O)[C@@H](COC(C)=O)O[C@H]1SC(C(=O)N1CCC(F)(F)CC1)C1(O)CCC2(CC2)CC1. The van der Waals surface area contributed by atoms with Crippen molar-refractivity contribution < 1.29 is 121 Å².